The summed E-state index contributed by atoms with van der Waals surface area (Å²) in [6, 6.07) is 0.717. The van der Waals surface area contributed by atoms with E-state index >= 15 is 0 Å². The van der Waals surface area contributed by atoms with Crippen molar-refractivity contribution >= 4 is 11.8 Å². The molecule has 0 spiro atoms. The summed E-state index contributed by atoms with van der Waals surface area (Å²) < 4.78 is 0. The van der Waals surface area contributed by atoms with Crippen LogP contribution in [0.25, 0.3) is 0 Å². The second kappa shape index (κ2) is 8.89. The van der Waals surface area contributed by atoms with Gasteiger partial charge in [-0.05, 0) is 24.6 Å². The molecule has 0 saturated carbocycles. The van der Waals surface area contributed by atoms with Crippen molar-refractivity contribution in [3.05, 3.63) is 0 Å². The van der Waals surface area contributed by atoms with Crippen molar-refractivity contribution < 1.29 is 0 Å². The lowest BCUT2D eigenvalue weighted by atomic mass is 9.98. The molecule has 2 unspecified atom stereocenters. The molecule has 13 heavy (non-hydrogen) atoms. The van der Waals surface area contributed by atoms with Crippen molar-refractivity contribution in [2.24, 2.45) is 5.92 Å². The van der Waals surface area contributed by atoms with Crippen molar-refractivity contribution in [1.82, 2.24) is 5.32 Å². The van der Waals surface area contributed by atoms with Gasteiger partial charge >= 0.3 is 0 Å². The summed E-state index contributed by atoms with van der Waals surface area (Å²) >= 11 is 2.05. The molecule has 1 N–H and O–H groups in total. The minimum atomic E-state index is 0.717. The van der Waals surface area contributed by atoms with Gasteiger partial charge in [-0.1, -0.05) is 34.1 Å². The van der Waals surface area contributed by atoms with Crippen LogP contribution in [0.2, 0.25) is 0 Å². The van der Waals surface area contributed by atoms with Gasteiger partial charge in [0.1, 0.15) is 0 Å². The second-order valence-corrected chi connectivity index (χ2v) is 4.91. The maximum absolute atomic E-state index is 3.58. The maximum Gasteiger partial charge on any atom is 0.0183 e. The first-order chi connectivity index (χ1) is 6.26. The van der Waals surface area contributed by atoms with Crippen LogP contribution in [0.4, 0.5) is 0 Å². The van der Waals surface area contributed by atoms with Gasteiger partial charge in [-0.25, -0.2) is 0 Å². The maximum atomic E-state index is 3.58. The van der Waals surface area contributed by atoms with Gasteiger partial charge in [-0.3, -0.25) is 0 Å². The van der Waals surface area contributed by atoms with Crippen LogP contribution in [0.5, 0.6) is 0 Å². The Balaban J connectivity index is 3.75. The summed E-state index contributed by atoms with van der Waals surface area (Å²) in [6.07, 6.45) is 2.65. The third kappa shape index (κ3) is 6.39. The van der Waals surface area contributed by atoms with E-state index in [4.69, 9.17) is 0 Å². The number of thioether (sulfide) groups is 1. The van der Waals surface area contributed by atoms with Crippen LogP contribution in [-0.2, 0) is 0 Å². The van der Waals surface area contributed by atoms with E-state index in [9.17, 15) is 0 Å². The third-order valence-corrected chi connectivity index (χ3v) is 3.40. The zero-order valence-electron chi connectivity index (χ0n) is 9.60. The lowest BCUT2D eigenvalue weighted by Gasteiger charge is -2.24. The summed E-state index contributed by atoms with van der Waals surface area (Å²) in [4.78, 5) is 0. The SMILES string of the molecule is CCCC(C)C(CSCC)NCC. The average molecular weight is 203 g/mol. The van der Waals surface area contributed by atoms with E-state index in [2.05, 4.69) is 33.0 Å². The number of hydrogen-bond donors (Lipinski definition) is 1. The number of hydrogen-bond acceptors (Lipinski definition) is 2. The summed E-state index contributed by atoms with van der Waals surface area (Å²) in [5.74, 6) is 3.33. The Morgan fingerprint density at radius 1 is 1.23 bits per heavy atom. The molecule has 0 amide bonds. The van der Waals surface area contributed by atoms with E-state index in [0.717, 1.165) is 18.5 Å². The zero-order chi connectivity index (χ0) is 10.1. The minimum Gasteiger partial charge on any atom is -0.313 e. The summed E-state index contributed by atoms with van der Waals surface area (Å²) in [7, 11) is 0. The highest BCUT2D eigenvalue weighted by atomic mass is 32.2. The molecule has 0 bridgehead atoms. The second-order valence-electron chi connectivity index (χ2n) is 3.59. The Morgan fingerprint density at radius 3 is 2.38 bits per heavy atom. The fraction of sp³-hybridized carbons (Fsp3) is 1.00. The molecule has 80 valence electrons. The quantitative estimate of drug-likeness (QED) is 0.650. The van der Waals surface area contributed by atoms with Crippen LogP contribution in [0, 0.1) is 5.92 Å². The first kappa shape index (κ1) is 13.3. The van der Waals surface area contributed by atoms with Gasteiger partial charge < -0.3 is 5.32 Å². The van der Waals surface area contributed by atoms with Crippen LogP contribution in [0.15, 0.2) is 0 Å². The Kier molecular flexibility index (Phi) is 9.10. The lowest BCUT2D eigenvalue weighted by Crippen LogP contribution is -2.37. The largest absolute Gasteiger partial charge is 0.313 e. The molecule has 0 aliphatic carbocycles. The predicted molar refractivity (Wildman–Crippen MR) is 64.5 cm³/mol. The Bertz CT molecular complexity index is 106. The highest BCUT2D eigenvalue weighted by Crippen LogP contribution is 2.15. The molecule has 0 fully saturated rings. The minimum absolute atomic E-state index is 0.717. The molecule has 0 aliphatic rings. The van der Waals surface area contributed by atoms with E-state index in [1.807, 2.05) is 11.8 Å². The zero-order valence-corrected chi connectivity index (χ0v) is 10.4. The van der Waals surface area contributed by atoms with Crippen molar-refractivity contribution in [2.45, 2.75) is 46.6 Å². The van der Waals surface area contributed by atoms with Gasteiger partial charge in [0, 0.05) is 11.8 Å². The smallest absolute Gasteiger partial charge is 0.0183 e. The van der Waals surface area contributed by atoms with Crippen LogP contribution in [-0.4, -0.2) is 24.1 Å². The third-order valence-electron chi connectivity index (χ3n) is 2.40. The molecule has 0 aromatic heterocycles. The lowest BCUT2D eigenvalue weighted by molar-refractivity contribution is 0.388. The molecular weight excluding hydrogens is 178 g/mol. The summed E-state index contributed by atoms with van der Waals surface area (Å²) in [5.41, 5.74) is 0. The number of rotatable bonds is 8. The van der Waals surface area contributed by atoms with Crippen molar-refractivity contribution in [1.29, 1.82) is 0 Å². The van der Waals surface area contributed by atoms with Crippen LogP contribution >= 0.6 is 11.8 Å². The monoisotopic (exact) mass is 203 g/mol. The van der Waals surface area contributed by atoms with Crippen molar-refractivity contribution in [3.8, 4) is 0 Å². The molecule has 0 saturated heterocycles. The molecule has 1 nitrogen and oxygen atoms in total. The molecular formula is C11H25NS. The first-order valence-electron chi connectivity index (χ1n) is 5.57. The normalized spacial score (nSPS) is 15.7. The summed E-state index contributed by atoms with van der Waals surface area (Å²) in [5, 5.41) is 3.58. The van der Waals surface area contributed by atoms with Gasteiger partial charge in [0.2, 0.25) is 0 Å². The fourth-order valence-electron chi connectivity index (χ4n) is 1.59. The Hall–Kier alpha value is 0.310. The number of nitrogens with one attached hydrogen (secondary N) is 1. The van der Waals surface area contributed by atoms with E-state index in [-0.39, 0.29) is 0 Å². The van der Waals surface area contributed by atoms with E-state index in [0.29, 0.717) is 0 Å². The highest BCUT2D eigenvalue weighted by molar-refractivity contribution is 7.99. The summed E-state index contributed by atoms with van der Waals surface area (Å²) in [6.45, 7) is 10.2. The van der Waals surface area contributed by atoms with Crippen LogP contribution in [0.1, 0.15) is 40.5 Å². The molecule has 0 radical (unpaired) electrons. The average Bonchev–Trinajstić information content (AvgIpc) is 2.12. The van der Waals surface area contributed by atoms with Gasteiger partial charge in [0.15, 0.2) is 0 Å². The van der Waals surface area contributed by atoms with Crippen molar-refractivity contribution in [3.63, 3.8) is 0 Å². The Labute approximate surface area is 88.1 Å². The molecule has 0 aliphatic heterocycles. The first-order valence-corrected chi connectivity index (χ1v) is 6.72. The van der Waals surface area contributed by atoms with Gasteiger partial charge in [-0.15, -0.1) is 0 Å². The fourth-order valence-corrected chi connectivity index (χ4v) is 2.52. The van der Waals surface area contributed by atoms with Gasteiger partial charge in [-0.2, -0.15) is 11.8 Å². The van der Waals surface area contributed by atoms with Crippen molar-refractivity contribution in [2.75, 3.05) is 18.1 Å². The molecule has 0 heterocycles. The Morgan fingerprint density at radius 2 is 1.92 bits per heavy atom. The van der Waals surface area contributed by atoms with E-state index in [1.165, 1.54) is 24.3 Å². The molecule has 0 aromatic rings. The van der Waals surface area contributed by atoms with Crippen LogP contribution < -0.4 is 5.32 Å². The predicted octanol–water partition coefficient (Wildman–Crippen LogP) is 3.15. The van der Waals surface area contributed by atoms with Gasteiger partial charge in [0.05, 0.1) is 0 Å². The van der Waals surface area contributed by atoms with Gasteiger partial charge in [0.25, 0.3) is 0 Å². The molecule has 2 heteroatoms. The molecule has 2 atom stereocenters. The van der Waals surface area contributed by atoms with E-state index in [1.54, 1.807) is 0 Å². The standard InChI is InChI=1S/C11H25NS/c1-5-8-10(4)11(12-6-2)9-13-7-3/h10-12H,5-9H2,1-4H3. The van der Waals surface area contributed by atoms with E-state index < -0.39 is 0 Å². The topological polar surface area (TPSA) is 12.0 Å². The molecule has 0 rings (SSSR count). The van der Waals surface area contributed by atoms with Crippen LogP contribution in [0.3, 0.4) is 0 Å². The molecule has 0 aromatic carbocycles. The highest BCUT2D eigenvalue weighted by Gasteiger charge is 2.14.